The molecular weight excluding hydrogens is 440 g/mol. The summed E-state index contributed by atoms with van der Waals surface area (Å²) in [4.78, 5) is 13.1. The van der Waals surface area contributed by atoms with Crippen molar-refractivity contribution in [3.05, 3.63) is 53.0 Å². The van der Waals surface area contributed by atoms with E-state index in [9.17, 15) is 0 Å². The molecule has 1 saturated carbocycles. The molecule has 1 aliphatic carbocycles. The van der Waals surface area contributed by atoms with Crippen molar-refractivity contribution in [2.45, 2.75) is 46.1 Å². The number of anilines is 2. The first kappa shape index (κ1) is 23.1. The number of aromatic amines is 1. The third-order valence-corrected chi connectivity index (χ3v) is 6.43. The molecular formula is C27H32N6O2. The quantitative estimate of drug-likeness (QED) is 0.306. The summed E-state index contributed by atoms with van der Waals surface area (Å²) in [6.45, 7) is 10.7. The Labute approximate surface area is 205 Å². The maximum Gasteiger partial charge on any atom is 0.158 e. The van der Waals surface area contributed by atoms with Crippen LogP contribution in [0.4, 0.5) is 11.6 Å². The van der Waals surface area contributed by atoms with Gasteiger partial charge in [-0.2, -0.15) is 5.10 Å². The molecule has 1 aliphatic rings. The van der Waals surface area contributed by atoms with Gasteiger partial charge in [-0.15, -0.1) is 0 Å². The summed E-state index contributed by atoms with van der Waals surface area (Å²) in [7, 11) is 5.29. The molecule has 0 saturated heterocycles. The van der Waals surface area contributed by atoms with E-state index in [0.29, 0.717) is 24.2 Å². The molecule has 8 nitrogen and oxygen atoms in total. The summed E-state index contributed by atoms with van der Waals surface area (Å²) >= 11 is 0. The molecule has 1 aromatic carbocycles. The summed E-state index contributed by atoms with van der Waals surface area (Å²) in [5, 5.41) is 10.1. The zero-order valence-corrected chi connectivity index (χ0v) is 21.2. The SMILES string of the molecule is C=C(C)C(=C(C)C)c1cc2[nH]c3nc(COC)nc(Nc4cc(C5CC5)nn4C)c3c2cc1OC. The molecule has 0 amide bonds. The van der Waals surface area contributed by atoms with E-state index in [0.717, 1.165) is 55.9 Å². The average Bonchev–Trinajstić information content (AvgIpc) is 3.49. The summed E-state index contributed by atoms with van der Waals surface area (Å²) in [6, 6.07) is 6.28. The number of fused-ring (bicyclic) bond motifs is 3. The number of ether oxygens (including phenoxy) is 2. The number of methoxy groups -OCH3 is 2. The van der Waals surface area contributed by atoms with E-state index < -0.39 is 0 Å². The van der Waals surface area contributed by atoms with Crippen molar-refractivity contribution >= 4 is 39.1 Å². The molecule has 3 aromatic heterocycles. The summed E-state index contributed by atoms with van der Waals surface area (Å²) in [5.41, 5.74) is 7.07. The Morgan fingerprint density at radius 1 is 1.17 bits per heavy atom. The van der Waals surface area contributed by atoms with Crippen molar-refractivity contribution in [1.29, 1.82) is 0 Å². The summed E-state index contributed by atoms with van der Waals surface area (Å²) in [6.07, 6.45) is 2.41. The van der Waals surface area contributed by atoms with Crippen LogP contribution in [-0.4, -0.2) is 39.0 Å². The standard InChI is InChI=1S/C27H32N6O2/c1-14(2)24(15(3)4)18-10-20-17(11-21(18)35-7)25-26(28-20)29-22(13-34-6)30-27(25)31-23-12-19(16-8-9-16)32-33(23)5/h10-12,16H,1,8-9,13H2,2-7H3,(H2,28,29,30,31). The fraction of sp³-hybridized carbons (Fsp3) is 0.370. The lowest BCUT2D eigenvalue weighted by atomic mass is 9.94. The first-order chi connectivity index (χ1) is 16.8. The van der Waals surface area contributed by atoms with E-state index in [1.165, 1.54) is 18.4 Å². The van der Waals surface area contributed by atoms with Crippen LogP contribution in [0.3, 0.4) is 0 Å². The van der Waals surface area contributed by atoms with Crippen molar-refractivity contribution in [2.75, 3.05) is 19.5 Å². The molecule has 2 N–H and O–H groups in total. The molecule has 3 heterocycles. The molecule has 4 aromatic rings. The van der Waals surface area contributed by atoms with Crippen LogP contribution < -0.4 is 10.1 Å². The van der Waals surface area contributed by atoms with E-state index in [1.807, 2.05) is 18.7 Å². The minimum Gasteiger partial charge on any atom is -0.496 e. The highest BCUT2D eigenvalue weighted by Crippen LogP contribution is 2.42. The number of aryl methyl sites for hydroxylation is 1. The lowest BCUT2D eigenvalue weighted by Crippen LogP contribution is -2.05. The van der Waals surface area contributed by atoms with E-state index >= 15 is 0 Å². The van der Waals surface area contributed by atoms with E-state index in [2.05, 4.69) is 48.9 Å². The number of hydrogen-bond acceptors (Lipinski definition) is 6. The van der Waals surface area contributed by atoms with Crippen LogP contribution in [0.15, 0.2) is 35.9 Å². The Bertz CT molecular complexity index is 1480. The van der Waals surface area contributed by atoms with Gasteiger partial charge in [-0.1, -0.05) is 17.7 Å². The Balaban J connectivity index is 1.72. The number of nitrogens with zero attached hydrogens (tertiary/aromatic N) is 4. The number of rotatable bonds is 8. The lowest BCUT2D eigenvalue weighted by Gasteiger charge is -2.15. The lowest BCUT2D eigenvalue weighted by molar-refractivity contribution is 0.178. The van der Waals surface area contributed by atoms with Crippen molar-refractivity contribution in [2.24, 2.45) is 7.05 Å². The Kier molecular flexibility index (Phi) is 5.84. The second-order valence-electron chi connectivity index (χ2n) is 9.50. The monoisotopic (exact) mass is 472 g/mol. The third kappa shape index (κ3) is 4.18. The van der Waals surface area contributed by atoms with Crippen LogP contribution >= 0.6 is 0 Å². The average molecular weight is 473 g/mol. The Hall–Kier alpha value is -3.65. The first-order valence-corrected chi connectivity index (χ1v) is 11.8. The van der Waals surface area contributed by atoms with Crippen molar-refractivity contribution < 1.29 is 9.47 Å². The second-order valence-corrected chi connectivity index (χ2v) is 9.50. The fourth-order valence-electron chi connectivity index (χ4n) is 4.75. The van der Waals surface area contributed by atoms with Crippen molar-refractivity contribution in [1.82, 2.24) is 24.7 Å². The van der Waals surface area contributed by atoms with E-state index in [-0.39, 0.29) is 0 Å². The minimum atomic E-state index is 0.310. The van der Waals surface area contributed by atoms with Gasteiger partial charge in [-0.25, -0.2) is 9.97 Å². The number of benzene rings is 1. The van der Waals surface area contributed by atoms with Gasteiger partial charge in [0.05, 0.1) is 18.2 Å². The first-order valence-electron chi connectivity index (χ1n) is 11.8. The van der Waals surface area contributed by atoms with Gasteiger partial charge < -0.3 is 19.8 Å². The minimum absolute atomic E-state index is 0.310. The zero-order chi connectivity index (χ0) is 24.9. The van der Waals surface area contributed by atoms with E-state index in [4.69, 9.17) is 24.5 Å². The van der Waals surface area contributed by atoms with Gasteiger partial charge in [-0.05, 0) is 51.3 Å². The second kappa shape index (κ2) is 8.85. The molecule has 0 atom stereocenters. The van der Waals surface area contributed by atoms with Crippen LogP contribution in [0.2, 0.25) is 0 Å². The molecule has 5 rings (SSSR count). The van der Waals surface area contributed by atoms with Gasteiger partial charge in [0.2, 0.25) is 0 Å². The predicted octanol–water partition coefficient (Wildman–Crippen LogP) is 5.99. The number of allylic oxidation sites excluding steroid dienone is 3. The van der Waals surface area contributed by atoms with Gasteiger partial charge in [0, 0.05) is 42.6 Å². The van der Waals surface area contributed by atoms with Gasteiger partial charge >= 0.3 is 0 Å². The number of aromatic nitrogens is 5. The van der Waals surface area contributed by atoms with Gasteiger partial charge in [0.15, 0.2) is 5.82 Å². The Morgan fingerprint density at radius 2 is 1.94 bits per heavy atom. The topological polar surface area (TPSA) is 89.9 Å². The number of H-pyrrole nitrogens is 1. The van der Waals surface area contributed by atoms with Crippen LogP contribution in [0.25, 0.3) is 27.5 Å². The molecule has 0 unspecified atom stereocenters. The third-order valence-electron chi connectivity index (χ3n) is 6.43. The maximum atomic E-state index is 5.84. The summed E-state index contributed by atoms with van der Waals surface area (Å²) in [5.74, 6) is 3.54. The van der Waals surface area contributed by atoms with Crippen molar-refractivity contribution in [3.8, 4) is 5.75 Å². The molecule has 1 fully saturated rings. The normalized spacial score (nSPS) is 13.4. The molecule has 182 valence electrons. The van der Waals surface area contributed by atoms with Gasteiger partial charge in [0.1, 0.15) is 29.6 Å². The number of nitrogens with one attached hydrogen (secondary N) is 2. The molecule has 0 spiro atoms. The molecule has 0 bridgehead atoms. The summed E-state index contributed by atoms with van der Waals surface area (Å²) < 4.78 is 13.1. The smallest absolute Gasteiger partial charge is 0.158 e. The molecule has 35 heavy (non-hydrogen) atoms. The zero-order valence-electron chi connectivity index (χ0n) is 21.2. The highest BCUT2D eigenvalue weighted by Gasteiger charge is 2.27. The van der Waals surface area contributed by atoms with Crippen molar-refractivity contribution in [3.63, 3.8) is 0 Å². The molecule has 0 aliphatic heterocycles. The Morgan fingerprint density at radius 3 is 2.57 bits per heavy atom. The number of hydrogen-bond donors (Lipinski definition) is 2. The van der Waals surface area contributed by atoms with Crippen LogP contribution in [0.5, 0.6) is 5.75 Å². The predicted molar refractivity (Wildman–Crippen MR) is 140 cm³/mol. The fourth-order valence-corrected chi connectivity index (χ4v) is 4.75. The highest BCUT2D eigenvalue weighted by molar-refractivity contribution is 6.13. The van der Waals surface area contributed by atoms with Gasteiger partial charge in [-0.3, -0.25) is 4.68 Å². The van der Waals surface area contributed by atoms with Crippen LogP contribution in [0.1, 0.15) is 56.6 Å². The molecule has 0 radical (unpaired) electrons. The maximum absolute atomic E-state index is 5.84. The molecule has 8 heteroatoms. The van der Waals surface area contributed by atoms with Crippen LogP contribution in [0, 0.1) is 0 Å². The van der Waals surface area contributed by atoms with Gasteiger partial charge in [0.25, 0.3) is 0 Å². The van der Waals surface area contributed by atoms with Crippen LogP contribution in [-0.2, 0) is 18.4 Å². The highest BCUT2D eigenvalue weighted by atomic mass is 16.5. The largest absolute Gasteiger partial charge is 0.496 e. The van der Waals surface area contributed by atoms with E-state index in [1.54, 1.807) is 14.2 Å².